The number of rotatable bonds is 1. The predicted molar refractivity (Wildman–Crippen MR) is 89.0 cm³/mol. The Bertz CT molecular complexity index is 698. The molecule has 2 aromatic rings. The highest BCUT2D eigenvalue weighted by atomic mass is 35.5. The molecule has 0 radical (unpaired) electrons. The molecular formula is C18H17ClN2O. The van der Waals surface area contributed by atoms with Crippen molar-refractivity contribution < 1.29 is 5.11 Å². The normalized spacial score (nSPS) is 16.7. The Kier molecular flexibility index (Phi) is 4.33. The smallest absolute Gasteiger partial charge is 0.129 e. The van der Waals surface area contributed by atoms with Crippen LogP contribution in [0, 0.1) is 11.8 Å². The maximum atomic E-state index is 10.6. The number of hydrogen-bond acceptors (Lipinski definition) is 3. The summed E-state index contributed by atoms with van der Waals surface area (Å²) in [7, 11) is 0. The summed E-state index contributed by atoms with van der Waals surface area (Å²) in [4.78, 5) is 6.52. The first-order valence-electron chi connectivity index (χ1n) is 7.32. The molecule has 0 bridgehead atoms. The highest BCUT2D eigenvalue weighted by molar-refractivity contribution is 6.30. The van der Waals surface area contributed by atoms with E-state index in [0.29, 0.717) is 17.9 Å². The number of aromatic nitrogens is 1. The Labute approximate surface area is 135 Å². The van der Waals surface area contributed by atoms with E-state index in [4.69, 9.17) is 11.6 Å². The second-order valence-electron chi connectivity index (χ2n) is 5.47. The lowest BCUT2D eigenvalue weighted by atomic mass is 9.91. The Balaban J connectivity index is 1.67. The van der Waals surface area contributed by atoms with Gasteiger partial charge in [-0.2, -0.15) is 0 Å². The van der Waals surface area contributed by atoms with E-state index in [1.165, 1.54) is 0 Å². The minimum absolute atomic E-state index is 0.608. The third kappa shape index (κ3) is 3.59. The number of piperidine rings is 1. The minimum Gasteiger partial charge on any atom is -0.377 e. The van der Waals surface area contributed by atoms with Crippen LogP contribution in [-0.4, -0.2) is 28.8 Å². The van der Waals surface area contributed by atoms with Gasteiger partial charge in [0, 0.05) is 42.7 Å². The first-order chi connectivity index (χ1) is 10.6. The fraction of sp³-hybridized carbons (Fsp3) is 0.278. The summed E-state index contributed by atoms with van der Waals surface area (Å²) in [5, 5.41) is 11.3. The van der Waals surface area contributed by atoms with Crippen molar-refractivity contribution in [1.82, 2.24) is 4.98 Å². The molecule has 3 nitrogen and oxygen atoms in total. The van der Waals surface area contributed by atoms with Crippen LogP contribution in [0.1, 0.15) is 18.4 Å². The number of anilines is 1. The largest absolute Gasteiger partial charge is 0.377 e. The van der Waals surface area contributed by atoms with Crippen molar-refractivity contribution in [2.24, 2.45) is 0 Å². The Hall–Kier alpha value is -2.02. The van der Waals surface area contributed by atoms with Crippen LogP contribution >= 0.6 is 11.6 Å². The van der Waals surface area contributed by atoms with Gasteiger partial charge in [-0.3, -0.25) is 0 Å². The van der Waals surface area contributed by atoms with Crippen molar-refractivity contribution in [3.63, 3.8) is 0 Å². The van der Waals surface area contributed by atoms with E-state index in [9.17, 15) is 5.11 Å². The van der Waals surface area contributed by atoms with Crippen LogP contribution in [0.3, 0.4) is 0 Å². The van der Waals surface area contributed by atoms with Crippen LogP contribution in [0.15, 0.2) is 48.7 Å². The van der Waals surface area contributed by atoms with E-state index >= 15 is 0 Å². The third-order valence-corrected chi connectivity index (χ3v) is 4.06. The summed E-state index contributed by atoms with van der Waals surface area (Å²) in [6.45, 7) is 1.50. The molecule has 112 valence electrons. The van der Waals surface area contributed by atoms with Gasteiger partial charge in [-0.15, -0.1) is 0 Å². The molecule has 0 unspecified atom stereocenters. The van der Waals surface area contributed by atoms with Crippen molar-refractivity contribution in [1.29, 1.82) is 0 Å². The molecule has 2 heterocycles. The molecule has 0 aliphatic carbocycles. The first kappa shape index (κ1) is 14.9. The summed E-state index contributed by atoms with van der Waals surface area (Å²) in [5.41, 5.74) is -0.110. The van der Waals surface area contributed by atoms with Crippen LogP contribution in [-0.2, 0) is 0 Å². The average Bonchev–Trinajstić information content (AvgIpc) is 2.55. The van der Waals surface area contributed by atoms with Crippen molar-refractivity contribution in [3.8, 4) is 11.8 Å². The van der Waals surface area contributed by atoms with Gasteiger partial charge in [0.25, 0.3) is 0 Å². The lowest BCUT2D eigenvalue weighted by Gasteiger charge is -2.35. The zero-order valence-corrected chi connectivity index (χ0v) is 12.9. The van der Waals surface area contributed by atoms with Gasteiger partial charge in [0.15, 0.2) is 0 Å². The molecule has 1 aromatic carbocycles. The number of pyridine rings is 1. The van der Waals surface area contributed by atoms with Gasteiger partial charge in [0.1, 0.15) is 11.4 Å². The summed E-state index contributed by atoms with van der Waals surface area (Å²) in [6, 6.07) is 13.2. The minimum atomic E-state index is -0.937. The van der Waals surface area contributed by atoms with E-state index in [1.807, 2.05) is 36.4 Å². The summed E-state index contributed by atoms with van der Waals surface area (Å²) in [5.74, 6) is 7.00. The maximum Gasteiger partial charge on any atom is 0.129 e. The molecule has 1 aliphatic heterocycles. The summed E-state index contributed by atoms with van der Waals surface area (Å²) >= 11 is 5.94. The van der Waals surface area contributed by atoms with Gasteiger partial charge in [-0.05, 0) is 30.3 Å². The molecule has 1 aromatic heterocycles. The fourth-order valence-electron chi connectivity index (χ4n) is 2.53. The first-order valence-corrected chi connectivity index (χ1v) is 7.70. The molecule has 1 fully saturated rings. The number of hydrogen-bond donors (Lipinski definition) is 1. The molecule has 0 spiro atoms. The van der Waals surface area contributed by atoms with E-state index in [1.54, 1.807) is 12.3 Å². The van der Waals surface area contributed by atoms with E-state index in [0.717, 1.165) is 24.5 Å². The number of halogens is 1. The van der Waals surface area contributed by atoms with Crippen LogP contribution in [0.4, 0.5) is 5.82 Å². The number of nitrogens with zero attached hydrogens (tertiary/aromatic N) is 2. The van der Waals surface area contributed by atoms with Crippen molar-refractivity contribution >= 4 is 17.4 Å². The van der Waals surface area contributed by atoms with Crippen LogP contribution in [0.25, 0.3) is 0 Å². The van der Waals surface area contributed by atoms with Crippen molar-refractivity contribution in [2.45, 2.75) is 18.4 Å². The summed E-state index contributed by atoms with van der Waals surface area (Å²) < 4.78 is 0. The van der Waals surface area contributed by atoms with Crippen molar-refractivity contribution in [2.75, 3.05) is 18.0 Å². The topological polar surface area (TPSA) is 36.4 Å². The predicted octanol–water partition coefficient (Wildman–Crippen LogP) is 3.12. The zero-order chi connectivity index (χ0) is 15.4. The van der Waals surface area contributed by atoms with E-state index in [-0.39, 0.29) is 0 Å². The third-order valence-electron chi connectivity index (χ3n) is 3.83. The van der Waals surface area contributed by atoms with Gasteiger partial charge >= 0.3 is 0 Å². The molecule has 4 heteroatoms. The quantitative estimate of drug-likeness (QED) is 0.822. The van der Waals surface area contributed by atoms with Gasteiger partial charge in [-0.25, -0.2) is 4.98 Å². The number of aliphatic hydroxyl groups is 1. The van der Waals surface area contributed by atoms with Gasteiger partial charge in [0.2, 0.25) is 0 Å². The lowest BCUT2D eigenvalue weighted by molar-refractivity contribution is 0.0745. The highest BCUT2D eigenvalue weighted by Crippen LogP contribution is 2.24. The highest BCUT2D eigenvalue weighted by Gasteiger charge is 2.30. The Morgan fingerprint density at radius 2 is 1.95 bits per heavy atom. The molecule has 1 saturated heterocycles. The summed E-state index contributed by atoms with van der Waals surface area (Å²) in [6.07, 6.45) is 3.00. The SMILES string of the molecule is OC1(C#Cc2cccc(Cl)c2)CCN(c2ccccn2)CC1. The maximum absolute atomic E-state index is 10.6. The number of benzene rings is 1. The van der Waals surface area contributed by atoms with E-state index in [2.05, 4.69) is 21.7 Å². The van der Waals surface area contributed by atoms with Gasteiger partial charge in [-0.1, -0.05) is 35.6 Å². The Morgan fingerprint density at radius 3 is 2.64 bits per heavy atom. The molecular weight excluding hydrogens is 296 g/mol. The monoisotopic (exact) mass is 312 g/mol. The Morgan fingerprint density at radius 1 is 1.14 bits per heavy atom. The lowest BCUT2D eigenvalue weighted by Crippen LogP contribution is -2.43. The molecule has 1 N–H and O–H groups in total. The second kappa shape index (κ2) is 6.39. The average molecular weight is 313 g/mol. The van der Waals surface area contributed by atoms with E-state index < -0.39 is 5.60 Å². The van der Waals surface area contributed by atoms with Gasteiger partial charge < -0.3 is 10.0 Å². The molecule has 0 amide bonds. The zero-order valence-electron chi connectivity index (χ0n) is 12.2. The van der Waals surface area contributed by atoms with Gasteiger partial charge in [0.05, 0.1) is 0 Å². The molecule has 1 aliphatic rings. The second-order valence-corrected chi connectivity index (χ2v) is 5.90. The molecule has 22 heavy (non-hydrogen) atoms. The van der Waals surface area contributed by atoms with Crippen LogP contribution in [0.5, 0.6) is 0 Å². The molecule has 0 saturated carbocycles. The molecule has 0 atom stereocenters. The van der Waals surface area contributed by atoms with Crippen LogP contribution < -0.4 is 4.90 Å². The van der Waals surface area contributed by atoms with Crippen LogP contribution in [0.2, 0.25) is 5.02 Å². The fourth-order valence-corrected chi connectivity index (χ4v) is 2.72. The molecule has 3 rings (SSSR count). The van der Waals surface area contributed by atoms with Crippen molar-refractivity contribution in [3.05, 3.63) is 59.2 Å². The standard InChI is InChI=1S/C18H17ClN2O/c19-16-5-3-4-15(14-16)7-8-18(22)9-12-21(13-10-18)17-6-1-2-11-20-17/h1-6,11,14,22H,9-10,12-13H2.